The average Bonchev–Trinajstić information content (AvgIpc) is 2.91. The van der Waals surface area contributed by atoms with Gasteiger partial charge in [0, 0.05) is 26.2 Å². The highest BCUT2D eigenvalue weighted by Gasteiger charge is 2.25. The van der Waals surface area contributed by atoms with Crippen LogP contribution in [-0.2, 0) is 4.79 Å². The van der Waals surface area contributed by atoms with E-state index in [1.165, 1.54) is 5.00 Å². The molecule has 0 unspecified atom stereocenters. The van der Waals surface area contributed by atoms with Crippen LogP contribution in [-0.4, -0.2) is 43.0 Å². The molecule has 1 saturated heterocycles. The number of nitrogens with two attached hydrogens (primary N) is 1. The van der Waals surface area contributed by atoms with E-state index in [1.54, 1.807) is 11.3 Å². The van der Waals surface area contributed by atoms with E-state index in [4.69, 9.17) is 5.73 Å². The zero-order valence-electron chi connectivity index (χ0n) is 12.5. The number of hydrogen-bond acceptors (Lipinski definition) is 4. The Balaban J connectivity index is 0.00000200. The summed E-state index contributed by atoms with van der Waals surface area (Å²) in [5, 5.41) is 3.38. The number of hydrogen-bond donors (Lipinski definition) is 1. The molecule has 21 heavy (non-hydrogen) atoms. The van der Waals surface area contributed by atoms with Crippen molar-refractivity contribution >= 4 is 47.1 Å². The van der Waals surface area contributed by atoms with Crippen LogP contribution in [0.2, 0.25) is 0 Å². The van der Waals surface area contributed by atoms with Crippen molar-refractivity contribution in [3.63, 3.8) is 0 Å². The van der Waals surface area contributed by atoms with Crippen LogP contribution in [0.3, 0.4) is 0 Å². The molecule has 4 nitrogen and oxygen atoms in total. The van der Waals surface area contributed by atoms with Crippen molar-refractivity contribution in [1.29, 1.82) is 0 Å². The molecular weight excluding hydrogens is 329 g/mol. The minimum atomic E-state index is -0.340. The van der Waals surface area contributed by atoms with Crippen LogP contribution in [0.15, 0.2) is 17.5 Å². The molecule has 2 heterocycles. The predicted molar refractivity (Wildman–Crippen MR) is 95.0 cm³/mol. The van der Waals surface area contributed by atoms with Gasteiger partial charge in [-0.2, -0.15) is 0 Å². The fraction of sp³-hybridized carbons (Fsp3) is 0.643. The summed E-state index contributed by atoms with van der Waals surface area (Å²) in [7, 11) is 0. The molecule has 0 saturated carbocycles. The fourth-order valence-corrected chi connectivity index (χ4v) is 3.23. The Labute approximate surface area is 143 Å². The molecule has 1 amide bonds. The Hall–Kier alpha value is -0.490. The second kappa shape index (κ2) is 9.51. The third-order valence-electron chi connectivity index (χ3n) is 3.45. The van der Waals surface area contributed by atoms with Gasteiger partial charge in [0.2, 0.25) is 5.91 Å². The highest BCUT2D eigenvalue weighted by Crippen LogP contribution is 2.22. The van der Waals surface area contributed by atoms with E-state index in [9.17, 15) is 4.79 Å². The fourth-order valence-electron chi connectivity index (χ4n) is 2.44. The number of rotatable bonds is 4. The number of amides is 1. The van der Waals surface area contributed by atoms with E-state index in [0.29, 0.717) is 5.92 Å². The summed E-state index contributed by atoms with van der Waals surface area (Å²) in [5.41, 5.74) is 5.98. The van der Waals surface area contributed by atoms with Gasteiger partial charge in [-0.25, -0.2) is 0 Å². The number of halogens is 2. The minimum absolute atomic E-state index is 0. The van der Waals surface area contributed by atoms with E-state index in [1.807, 2.05) is 4.90 Å². The largest absolute Gasteiger partial charge is 0.360 e. The lowest BCUT2D eigenvalue weighted by Crippen LogP contribution is -2.53. The van der Waals surface area contributed by atoms with Crippen molar-refractivity contribution in [2.45, 2.75) is 26.3 Å². The van der Waals surface area contributed by atoms with Crippen LogP contribution in [0.1, 0.15) is 20.3 Å². The third kappa shape index (κ3) is 5.66. The second-order valence-corrected chi connectivity index (χ2v) is 6.43. The normalized spacial score (nSPS) is 16.2. The smallest absolute Gasteiger partial charge is 0.239 e. The zero-order valence-corrected chi connectivity index (χ0v) is 15.0. The summed E-state index contributed by atoms with van der Waals surface area (Å²) in [6.45, 7) is 7.57. The van der Waals surface area contributed by atoms with Crippen LogP contribution in [0.25, 0.3) is 0 Å². The van der Waals surface area contributed by atoms with Gasteiger partial charge in [-0.3, -0.25) is 4.79 Å². The molecule has 0 radical (unpaired) electrons. The molecule has 2 N–H and O–H groups in total. The SMILES string of the molecule is CC(C)C[C@H](N)C(=O)N1CCN(c2cccs2)CC1.Cl.Cl. The van der Waals surface area contributed by atoms with Gasteiger partial charge in [-0.15, -0.1) is 36.2 Å². The lowest BCUT2D eigenvalue weighted by molar-refractivity contribution is -0.133. The van der Waals surface area contributed by atoms with Crippen LogP contribution >= 0.6 is 36.2 Å². The first kappa shape index (κ1) is 20.5. The van der Waals surface area contributed by atoms with E-state index in [0.717, 1.165) is 32.6 Å². The van der Waals surface area contributed by atoms with Crippen LogP contribution in [0.4, 0.5) is 5.00 Å². The molecule has 0 bridgehead atoms. The topological polar surface area (TPSA) is 49.6 Å². The van der Waals surface area contributed by atoms with E-state index in [2.05, 4.69) is 36.3 Å². The summed E-state index contributed by atoms with van der Waals surface area (Å²) in [6.07, 6.45) is 0.768. The molecule has 1 aliphatic rings. The minimum Gasteiger partial charge on any atom is -0.360 e. The Morgan fingerprint density at radius 2 is 1.90 bits per heavy atom. The molecule has 2 rings (SSSR count). The van der Waals surface area contributed by atoms with Crippen molar-refractivity contribution in [3.8, 4) is 0 Å². The van der Waals surface area contributed by atoms with E-state index in [-0.39, 0.29) is 36.8 Å². The molecule has 0 aromatic carbocycles. The van der Waals surface area contributed by atoms with Crippen LogP contribution in [0.5, 0.6) is 0 Å². The number of piperazine rings is 1. The Bertz CT molecular complexity index is 406. The average molecular weight is 354 g/mol. The monoisotopic (exact) mass is 353 g/mol. The Morgan fingerprint density at radius 1 is 1.29 bits per heavy atom. The first-order chi connectivity index (χ1) is 9.08. The molecule has 1 aliphatic heterocycles. The maximum Gasteiger partial charge on any atom is 0.239 e. The third-order valence-corrected chi connectivity index (χ3v) is 4.38. The standard InChI is InChI=1S/C14H23N3OS.2ClH/c1-11(2)10-12(15)14(18)17-7-5-16(6-8-17)13-4-3-9-19-13;;/h3-4,9,11-12H,5-8,10,15H2,1-2H3;2*1H/t12-;;/m0../s1. The van der Waals surface area contributed by atoms with Crippen molar-refractivity contribution < 1.29 is 4.79 Å². The number of carbonyl (C=O) groups is 1. The quantitative estimate of drug-likeness (QED) is 0.904. The second-order valence-electron chi connectivity index (χ2n) is 5.50. The van der Waals surface area contributed by atoms with Gasteiger partial charge in [0.05, 0.1) is 11.0 Å². The highest BCUT2D eigenvalue weighted by molar-refractivity contribution is 7.14. The summed E-state index contributed by atoms with van der Waals surface area (Å²) < 4.78 is 0. The van der Waals surface area contributed by atoms with Crippen LogP contribution < -0.4 is 10.6 Å². The lowest BCUT2D eigenvalue weighted by Gasteiger charge is -2.36. The highest BCUT2D eigenvalue weighted by atomic mass is 35.5. The summed E-state index contributed by atoms with van der Waals surface area (Å²) >= 11 is 1.75. The first-order valence-corrected chi connectivity index (χ1v) is 7.78. The Morgan fingerprint density at radius 3 is 2.38 bits per heavy atom. The van der Waals surface area contributed by atoms with Gasteiger partial charge in [0.1, 0.15) is 0 Å². The van der Waals surface area contributed by atoms with Gasteiger partial charge in [0.15, 0.2) is 0 Å². The van der Waals surface area contributed by atoms with Crippen molar-refractivity contribution in [3.05, 3.63) is 17.5 Å². The summed E-state index contributed by atoms with van der Waals surface area (Å²) in [6, 6.07) is 3.86. The summed E-state index contributed by atoms with van der Waals surface area (Å²) in [4.78, 5) is 16.5. The number of thiophene rings is 1. The molecule has 122 valence electrons. The maximum atomic E-state index is 12.2. The molecule has 7 heteroatoms. The lowest BCUT2D eigenvalue weighted by atomic mass is 10.0. The van der Waals surface area contributed by atoms with E-state index < -0.39 is 0 Å². The summed E-state index contributed by atoms with van der Waals surface area (Å²) in [5.74, 6) is 0.575. The first-order valence-electron chi connectivity index (χ1n) is 6.90. The van der Waals surface area contributed by atoms with Crippen molar-refractivity contribution in [2.75, 3.05) is 31.1 Å². The molecule has 0 aliphatic carbocycles. The van der Waals surface area contributed by atoms with Gasteiger partial charge >= 0.3 is 0 Å². The molecule has 0 spiro atoms. The molecule has 1 atom stereocenters. The number of anilines is 1. The molecule has 1 aromatic heterocycles. The van der Waals surface area contributed by atoms with Crippen molar-refractivity contribution in [1.82, 2.24) is 4.90 Å². The van der Waals surface area contributed by atoms with Gasteiger partial charge in [-0.1, -0.05) is 13.8 Å². The molecule has 1 aromatic rings. The maximum absolute atomic E-state index is 12.2. The number of carbonyl (C=O) groups excluding carboxylic acids is 1. The molecular formula is C14H25Cl2N3OS. The Kier molecular flexibility index (Phi) is 9.29. The van der Waals surface area contributed by atoms with Gasteiger partial charge in [-0.05, 0) is 29.9 Å². The predicted octanol–water partition coefficient (Wildman–Crippen LogP) is 2.61. The van der Waals surface area contributed by atoms with Crippen molar-refractivity contribution in [2.24, 2.45) is 11.7 Å². The van der Waals surface area contributed by atoms with Gasteiger partial charge in [0.25, 0.3) is 0 Å². The number of nitrogens with zero attached hydrogens (tertiary/aromatic N) is 2. The van der Waals surface area contributed by atoms with Crippen LogP contribution in [0, 0.1) is 5.92 Å². The molecule has 1 fully saturated rings. The van der Waals surface area contributed by atoms with E-state index >= 15 is 0 Å². The van der Waals surface area contributed by atoms with Gasteiger partial charge < -0.3 is 15.5 Å². The zero-order chi connectivity index (χ0) is 13.8.